The summed E-state index contributed by atoms with van der Waals surface area (Å²) in [4.78, 5) is 34.1. The Bertz CT molecular complexity index is 631. The van der Waals surface area contributed by atoms with Gasteiger partial charge in [0.2, 0.25) is 11.9 Å². The van der Waals surface area contributed by atoms with Gasteiger partial charge in [-0.2, -0.15) is 13.2 Å². The monoisotopic (exact) mass is 374 g/mol. The quantitative estimate of drug-likeness (QED) is 0.852. The molecule has 0 aliphatic carbocycles. The second kappa shape index (κ2) is 7.88. The minimum atomic E-state index is -5.08. The number of alkyl halides is 3. The first kappa shape index (κ1) is 19.9. The second-order valence-electron chi connectivity index (χ2n) is 6.25. The molecular weight excluding hydrogens is 353 g/mol. The highest BCUT2D eigenvalue weighted by Gasteiger charge is 2.47. The maximum Gasteiger partial charge on any atom is 0.490 e. The van der Waals surface area contributed by atoms with Crippen molar-refractivity contribution in [1.82, 2.24) is 14.9 Å². The van der Waals surface area contributed by atoms with E-state index in [0.717, 1.165) is 51.4 Å². The summed E-state index contributed by atoms with van der Waals surface area (Å²) in [5, 5.41) is 7.12. The van der Waals surface area contributed by atoms with Crippen molar-refractivity contribution in [2.24, 2.45) is 5.41 Å². The van der Waals surface area contributed by atoms with E-state index in [9.17, 15) is 18.0 Å². The topological polar surface area (TPSA) is 86.6 Å². The zero-order valence-corrected chi connectivity index (χ0v) is 14.4. The number of carbonyl (C=O) groups excluding carboxylic acids is 1. The highest BCUT2D eigenvalue weighted by molar-refractivity contribution is 5.85. The lowest BCUT2D eigenvalue weighted by atomic mass is 9.77. The van der Waals surface area contributed by atoms with Gasteiger partial charge in [-0.25, -0.2) is 14.8 Å². The van der Waals surface area contributed by atoms with Crippen LogP contribution < -0.4 is 4.90 Å². The average molecular weight is 374 g/mol. The fourth-order valence-corrected chi connectivity index (χ4v) is 3.25. The fourth-order valence-electron chi connectivity index (χ4n) is 3.25. The van der Waals surface area contributed by atoms with Gasteiger partial charge in [0, 0.05) is 38.6 Å². The third kappa shape index (κ3) is 4.41. The molecule has 2 saturated heterocycles. The molecule has 144 valence electrons. The molecule has 3 heterocycles. The Morgan fingerprint density at radius 3 is 2.12 bits per heavy atom. The minimum Gasteiger partial charge on any atom is -0.475 e. The summed E-state index contributed by atoms with van der Waals surface area (Å²) in [7, 11) is 0. The molecule has 1 aromatic heterocycles. The number of nitrogens with zero attached hydrogens (tertiary/aromatic N) is 4. The second-order valence-corrected chi connectivity index (χ2v) is 6.25. The summed E-state index contributed by atoms with van der Waals surface area (Å²) in [5.41, 5.74) is -0.0959. The third-order valence-electron chi connectivity index (χ3n) is 4.78. The van der Waals surface area contributed by atoms with Crippen LogP contribution in [0, 0.1) is 5.41 Å². The molecule has 0 aromatic carbocycles. The van der Waals surface area contributed by atoms with Gasteiger partial charge < -0.3 is 14.9 Å². The average Bonchev–Trinajstić information content (AvgIpc) is 2.92. The number of rotatable bonds is 2. The van der Waals surface area contributed by atoms with Crippen LogP contribution in [0.4, 0.5) is 19.1 Å². The number of likely N-dealkylation sites (tertiary alicyclic amines) is 1. The van der Waals surface area contributed by atoms with Crippen LogP contribution >= 0.6 is 0 Å². The van der Waals surface area contributed by atoms with Gasteiger partial charge in [0.15, 0.2) is 0 Å². The third-order valence-corrected chi connectivity index (χ3v) is 4.78. The van der Waals surface area contributed by atoms with Crippen molar-refractivity contribution < 1.29 is 27.9 Å². The largest absolute Gasteiger partial charge is 0.490 e. The van der Waals surface area contributed by atoms with Crippen LogP contribution in [-0.2, 0) is 9.59 Å². The standard InChI is InChI=1S/C14H20N4O.C2HF3O2/c1-2-17-9-4-14(12(17)19)5-10-18(11-6-14)13-15-7-3-8-16-13;3-2(4,5)1(6)7/h3,7-8H,2,4-6,9-11H2,1H3;(H,6,7). The number of aliphatic carboxylic acids is 1. The summed E-state index contributed by atoms with van der Waals surface area (Å²) in [6.07, 6.45) is 1.34. The Balaban J connectivity index is 0.000000298. The van der Waals surface area contributed by atoms with E-state index in [1.54, 1.807) is 12.4 Å². The molecule has 2 aliphatic rings. The Morgan fingerprint density at radius 1 is 1.19 bits per heavy atom. The van der Waals surface area contributed by atoms with Crippen LogP contribution in [0.1, 0.15) is 26.2 Å². The lowest BCUT2D eigenvalue weighted by Crippen LogP contribution is -2.45. The van der Waals surface area contributed by atoms with Crippen molar-refractivity contribution in [2.45, 2.75) is 32.4 Å². The highest BCUT2D eigenvalue weighted by Crippen LogP contribution is 2.41. The van der Waals surface area contributed by atoms with Crippen LogP contribution in [-0.4, -0.2) is 64.2 Å². The van der Waals surface area contributed by atoms with Crippen molar-refractivity contribution in [1.29, 1.82) is 0 Å². The number of amides is 1. The Kier molecular flexibility index (Phi) is 6.04. The summed E-state index contributed by atoms with van der Waals surface area (Å²) < 4.78 is 31.7. The summed E-state index contributed by atoms with van der Waals surface area (Å²) in [5.74, 6) is -1.61. The molecule has 0 unspecified atom stereocenters. The molecule has 1 N–H and O–H groups in total. The number of halogens is 3. The van der Waals surface area contributed by atoms with Crippen molar-refractivity contribution in [2.75, 3.05) is 31.1 Å². The molecule has 1 amide bonds. The first-order valence-electron chi connectivity index (χ1n) is 8.31. The van der Waals surface area contributed by atoms with E-state index in [0.29, 0.717) is 5.91 Å². The van der Waals surface area contributed by atoms with Crippen molar-refractivity contribution in [3.8, 4) is 0 Å². The number of carbonyl (C=O) groups is 2. The van der Waals surface area contributed by atoms with Crippen LogP contribution in [0.5, 0.6) is 0 Å². The number of hydrogen-bond donors (Lipinski definition) is 1. The van der Waals surface area contributed by atoms with E-state index in [2.05, 4.69) is 21.8 Å². The van der Waals surface area contributed by atoms with Gasteiger partial charge in [-0.1, -0.05) is 0 Å². The molecule has 0 saturated carbocycles. The van der Waals surface area contributed by atoms with Crippen molar-refractivity contribution in [3.63, 3.8) is 0 Å². The van der Waals surface area contributed by atoms with E-state index in [1.165, 1.54) is 0 Å². The Hall–Kier alpha value is -2.39. The molecule has 1 spiro atoms. The maximum atomic E-state index is 12.4. The van der Waals surface area contributed by atoms with Gasteiger partial charge in [0.05, 0.1) is 5.41 Å². The highest BCUT2D eigenvalue weighted by atomic mass is 19.4. The van der Waals surface area contributed by atoms with Crippen LogP contribution in [0.3, 0.4) is 0 Å². The van der Waals surface area contributed by atoms with Gasteiger partial charge in [0.1, 0.15) is 0 Å². The van der Waals surface area contributed by atoms with Gasteiger partial charge >= 0.3 is 12.1 Å². The lowest BCUT2D eigenvalue weighted by Gasteiger charge is -2.37. The molecular formula is C16H21F3N4O3. The molecule has 0 bridgehead atoms. The molecule has 1 aromatic rings. The van der Waals surface area contributed by atoms with E-state index >= 15 is 0 Å². The predicted molar refractivity (Wildman–Crippen MR) is 86.5 cm³/mol. The number of aromatic nitrogens is 2. The van der Waals surface area contributed by atoms with Crippen LogP contribution in [0.2, 0.25) is 0 Å². The smallest absolute Gasteiger partial charge is 0.475 e. The molecule has 0 atom stereocenters. The number of carboxylic acids is 1. The number of carboxylic acid groups (broad SMARTS) is 1. The van der Waals surface area contributed by atoms with E-state index in [4.69, 9.17) is 9.90 Å². The number of anilines is 1. The summed E-state index contributed by atoms with van der Waals surface area (Å²) >= 11 is 0. The number of hydrogen-bond acceptors (Lipinski definition) is 5. The van der Waals surface area contributed by atoms with E-state index in [-0.39, 0.29) is 5.41 Å². The Labute approximate surface area is 148 Å². The molecule has 0 radical (unpaired) electrons. The summed E-state index contributed by atoms with van der Waals surface area (Å²) in [6, 6.07) is 1.83. The first-order chi connectivity index (χ1) is 12.2. The lowest BCUT2D eigenvalue weighted by molar-refractivity contribution is -0.192. The van der Waals surface area contributed by atoms with Crippen LogP contribution in [0.25, 0.3) is 0 Å². The molecule has 2 fully saturated rings. The summed E-state index contributed by atoms with van der Waals surface area (Å²) in [6.45, 7) is 5.59. The van der Waals surface area contributed by atoms with Crippen molar-refractivity contribution >= 4 is 17.8 Å². The molecule has 10 heteroatoms. The fraction of sp³-hybridized carbons (Fsp3) is 0.625. The zero-order valence-electron chi connectivity index (χ0n) is 14.4. The predicted octanol–water partition coefficient (Wildman–Crippen LogP) is 1.95. The van der Waals surface area contributed by atoms with E-state index in [1.807, 2.05) is 11.0 Å². The minimum absolute atomic E-state index is 0.0959. The first-order valence-corrected chi connectivity index (χ1v) is 8.31. The molecule has 26 heavy (non-hydrogen) atoms. The van der Waals surface area contributed by atoms with Gasteiger partial charge in [-0.3, -0.25) is 4.79 Å². The molecule has 2 aliphatic heterocycles. The molecule has 3 rings (SSSR count). The van der Waals surface area contributed by atoms with Gasteiger partial charge in [-0.05, 0) is 32.3 Å². The normalized spacial score (nSPS) is 19.3. The Morgan fingerprint density at radius 2 is 1.69 bits per heavy atom. The van der Waals surface area contributed by atoms with Gasteiger partial charge in [-0.15, -0.1) is 0 Å². The SMILES string of the molecule is CCN1CCC2(CCN(c3ncccn3)CC2)C1=O.O=C(O)C(F)(F)F. The molecule has 7 nitrogen and oxygen atoms in total. The van der Waals surface area contributed by atoms with Gasteiger partial charge in [0.25, 0.3) is 0 Å². The van der Waals surface area contributed by atoms with Crippen LogP contribution in [0.15, 0.2) is 18.5 Å². The van der Waals surface area contributed by atoms with Crippen molar-refractivity contribution in [3.05, 3.63) is 18.5 Å². The van der Waals surface area contributed by atoms with E-state index < -0.39 is 12.1 Å². The maximum absolute atomic E-state index is 12.4. The zero-order chi connectivity index (χ0) is 19.4. The number of piperidine rings is 1.